The van der Waals surface area contributed by atoms with Crippen LogP contribution < -0.4 is 5.32 Å². The lowest BCUT2D eigenvalue weighted by Crippen LogP contribution is -2.45. The molecule has 2 heterocycles. The fraction of sp³-hybridized carbons (Fsp3) is 0.520. The molecule has 0 bridgehead atoms. The zero-order valence-corrected chi connectivity index (χ0v) is 17.8. The van der Waals surface area contributed by atoms with Gasteiger partial charge in [0.15, 0.2) is 0 Å². The highest BCUT2D eigenvalue weighted by Gasteiger charge is 2.46. The van der Waals surface area contributed by atoms with Gasteiger partial charge in [0.2, 0.25) is 5.91 Å². The van der Waals surface area contributed by atoms with Gasteiger partial charge in [-0.2, -0.15) is 0 Å². The third-order valence-electron chi connectivity index (χ3n) is 7.68. The molecule has 5 rings (SSSR count). The highest BCUT2D eigenvalue weighted by molar-refractivity contribution is 5.92. The first-order chi connectivity index (χ1) is 14.6. The quantitative estimate of drug-likeness (QED) is 0.842. The molecule has 1 aromatic heterocycles. The van der Waals surface area contributed by atoms with Gasteiger partial charge in [-0.3, -0.25) is 9.59 Å². The number of fused-ring (bicyclic) bond motifs is 2. The van der Waals surface area contributed by atoms with Gasteiger partial charge in [-0.15, -0.1) is 0 Å². The average Bonchev–Trinajstić information content (AvgIpc) is 3.27. The smallest absolute Gasteiger partial charge is 0.270 e. The van der Waals surface area contributed by atoms with Crippen LogP contribution in [0.3, 0.4) is 0 Å². The van der Waals surface area contributed by atoms with Crippen LogP contribution in [0.5, 0.6) is 0 Å². The molecule has 5 nitrogen and oxygen atoms in total. The zero-order valence-electron chi connectivity index (χ0n) is 17.8. The summed E-state index contributed by atoms with van der Waals surface area (Å²) in [5, 5.41) is 3.21. The molecule has 1 saturated carbocycles. The average molecular weight is 406 g/mol. The molecule has 1 spiro atoms. The molecule has 0 radical (unpaired) electrons. The van der Waals surface area contributed by atoms with Crippen LogP contribution in [0.15, 0.2) is 42.6 Å². The number of carbonyl (C=O) groups excluding carboxylic acids is 2. The van der Waals surface area contributed by atoms with E-state index < -0.39 is 0 Å². The van der Waals surface area contributed by atoms with E-state index in [1.807, 2.05) is 34.8 Å². The van der Waals surface area contributed by atoms with Crippen LogP contribution in [0, 0.1) is 0 Å². The molecule has 1 N–H and O–H groups in total. The predicted octanol–water partition coefficient (Wildman–Crippen LogP) is 3.75. The Labute approximate surface area is 178 Å². The van der Waals surface area contributed by atoms with Crippen LogP contribution in [0.25, 0.3) is 0 Å². The molecule has 30 heavy (non-hydrogen) atoms. The molecule has 3 aliphatic rings. The van der Waals surface area contributed by atoms with Crippen molar-refractivity contribution in [3.63, 3.8) is 0 Å². The van der Waals surface area contributed by atoms with Gasteiger partial charge in [-0.1, -0.05) is 24.3 Å². The Bertz CT molecular complexity index is 951. The van der Waals surface area contributed by atoms with Gasteiger partial charge in [-0.05, 0) is 73.1 Å². The number of hydrogen-bond acceptors (Lipinski definition) is 2. The number of piperidine rings is 1. The maximum absolute atomic E-state index is 12.9. The molecule has 2 amide bonds. The van der Waals surface area contributed by atoms with E-state index in [9.17, 15) is 9.59 Å². The van der Waals surface area contributed by atoms with E-state index >= 15 is 0 Å². The first-order valence-corrected chi connectivity index (χ1v) is 11.4. The molecule has 1 aromatic carbocycles. The largest absolute Gasteiger partial charge is 0.353 e. The molecule has 1 saturated heterocycles. The first kappa shape index (κ1) is 19.4. The number of likely N-dealkylation sites (tertiary alicyclic amines) is 1. The number of benzene rings is 1. The van der Waals surface area contributed by atoms with Crippen molar-refractivity contribution >= 4 is 11.8 Å². The molecule has 2 aliphatic carbocycles. The van der Waals surface area contributed by atoms with Gasteiger partial charge in [-0.25, -0.2) is 0 Å². The van der Waals surface area contributed by atoms with Gasteiger partial charge in [0.1, 0.15) is 5.69 Å². The summed E-state index contributed by atoms with van der Waals surface area (Å²) in [7, 11) is 1.92. The number of amides is 2. The molecule has 2 fully saturated rings. The number of rotatable bonds is 4. The van der Waals surface area contributed by atoms with Crippen molar-refractivity contribution in [3.05, 3.63) is 59.4 Å². The van der Waals surface area contributed by atoms with E-state index in [-0.39, 0.29) is 23.1 Å². The topological polar surface area (TPSA) is 54.3 Å². The number of hydrogen-bond donors (Lipinski definition) is 1. The standard InChI is InChI=1S/C25H31N3O2/c1-27-13-5-10-22(27)24(30)28-14-11-25(12-15-28)17-18(20-8-2-3-9-21(20)25)16-23(29)26-19-6-4-7-19/h2-3,5,8-10,13,18-19H,4,6-7,11-12,14-17H2,1H3,(H,26,29). The molecule has 158 valence electrons. The summed E-state index contributed by atoms with van der Waals surface area (Å²) in [4.78, 5) is 27.6. The van der Waals surface area contributed by atoms with Crippen LogP contribution >= 0.6 is 0 Å². The van der Waals surface area contributed by atoms with E-state index in [0.29, 0.717) is 12.5 Å². The number of aryl methyl sites for hydroxylation is 1. The Morgan fingerprint density at radius 2 is 1.87 bits per heavy atom. The summed E-state index contributed by atoms with van der Waals surface area (Å²) in [5.41, 5.74) is 3.62. The van der Waals surface area contributed by atoms with Crippen molar-refractivity contribution in [3.8, 4) is 0 Å². The van der Waals surface area contributed by atoms with Gasteiger partial charge < -0.3 is 14.8 Å². The summed E-state index contributed by atoms with van der Waals surface area (Å²) in [6.07, 6.45) is 8.97. The Balaban J connectivity index is 1.29. The number of nitrogens with one attached hydrogen (secondary N) is 1. The van der Waals surface area contributed by atoms with Crippen molar-refractivity contribution in [2.75, 3.05) is 13.1 Å². The SMILES string of the molecule is Cn1cccc1C(=O)N1CCC2(CC1)CC(CC(=O)NC1CCC1)c1ccccc12. The summed E-state index contributed by atoms with van der Waals surface area (Å²) in [6, 6.07) is 12.9. The molecular formula is C25H31N3O2. The van der Waals surface area contributed by atoms with Gasteiger partial charge >= 0.3 is 0 Å². The van der Waals surface area contributed by atoms with Gasteiger partial charge in [0.05, 0.1) is 0 Å². The van der Waals surface area contributed by atoms with Crippen LogP contribution in [0.2, 0.25) is 0 Å². The van der Waals surface area contributed by atoms with Crippen molar-refractivity contribution in [1.29, 1.82) is 0 Å². The summed E-state index contributed by atoms with van der Waals surface area (Å²) >= 11 is 0. The Morgan fingerprint density at radius 3 is 2.53 bits per heavy atom. The lowest BCUT2D eigenvalue weighted by atomic mass is 9.73. The Kier molecular flexibility index (Phi) is 4.92. The van der Waals surface area contributed by atoms with Gasteiger partial charge in [0.25, 0.3) is 5.91 Å². The summed E-state index contributed by atoms with van der Waals surface area (Å²) < 4.78 is 1.90. The molecule has 2 aromatic rings. The second kappa shape index (κ2) is 7.60. The highest BCUT2D eigenvalue weighted by atomic mass is 16.2. The van der Waals surface area contributed by atoms with Gasteiger partial charge in [0, 0.05) is 38.8 Å². The van der Waals surface area contributed by atoms with Crippen molar-refractivity contribution < 1.29 is 9.59 Å². The molecule has 1 aliphatic heterocycles. The fourth-order valence-electron chi connectivity index (χ4n) is 5.73. The number of nitrogens with zero attached hydrogens (tertiary/aromatic N) is 2. The Morgan fingerprint density at radius 1 is 1.10 bits per heavy atom. The minimum Gasteiger partial charge on any atom is -0.353 e. The third kappa shape index (κ3) is 3.34. The third-order valence-corrected chi connectivity index (χ3v) is 7.68. The predicted molar refractivity (Wildman–Crippen MR) is 116 cm³/mol. The lowest BCUT2D eigenvalue weighted by Gasteiger charge is -2.40. The highest BCUT2D eigenvalue weighted by Crippen LogP contribution is 2.52. The summed E-state index contributed by atoms with van der Waals surface area (Å²) in [5.74, 6) is 0.615. The summed E-state index contributed by atoms with van der Waals surface area (Å²) in [6.45, 7) is 1.55. The van der Waals surface area contributed by atoms with Crippen LogP contribution in [-0.2, 0) is 17.3 Å². The normalized spacial score (nSPS) is 22.6. The number of aromatic nitrogens is 1. The maximum atomic E-state index is 12.9. The van der Waals surface area contributed by atoms with E-state index in [0.717, 1.165) is 50.9 Å². The molecule has 5 heteroatoms. The Hall–Kier alpha value is -2.56. The monoisotopic (exact) mass is 405 g/mol. The van der Waals surface area contributed by atoms with E-state index in [2.05, 4.69) is 29.6 Å². The van der Waals surface area contributed by atoms with Crippen LogP contribution in [0.4, 0.5) is 0 Å². The maximum Gasteiger partial charge on any atom is 0.270 e. The second-order valence-corrected chi connectivity index (χ2v) is 9.46. The fourth-order valence-corrected chi connectivity index (χ4v) is 5.73. The first-order valence-electron chi connectivity index (χ1n) is 11.4. The van der Waals surface area contributed by atoms with Crippen molar-refractivity contribution in [2.45, 2.75) is 62.3 Å². The zero-order chi connectivity index (χ0) is 20.7. The second-order valence-electron chi connectivity index (χ2n) is 9.46. The van der Waals surface area contributed by atoms with Crippen molar-refractivity contribution in [1.82, 2.24) is 14.8 Å². The minimum atomic E-state index is 0.100. The lowest BCUT2D eigenvalue weighted by molar-refractivity contribution is -0.122. The molecule has 1 atom stereocenters. The number of carbonyl (C=O) groups is 2. The molecule has 1 unspecified atom stereocenters. The van der Waals surface area contributed by atoms with E-state index in [1.165, 1.54) is 17.5 Å². The van der Waals surface area contributed by atoms with E-state index in [4.69, 9.17) is 0 Å². The van der Waals surface area contributed by atoms with Crippen molar-refractivity contribution in [2.24, 2.45) is 7.05 Å². The van der Waals surface area contributed by atoms with Crippen LogP contribution in [0.1, 0.15) is 72.5 Å². The molecular weight excluding hydrogens is 374 g/mol. The minimum absolute atomic E-state index is 0.100. The van der Waals surface area contributed by atoms with Crippen LogP contribution in [-0.4, -0.2) is 40.4 Å². The van der Waals surface area contributed by atoms with E-state index in [1.54, 1.807) is 0 Å².